The Hall–Kier alpha value is -4.15. The van der Waals surface area contributed by atoms with Crippen molar-refractivity contribution in [1.82, 2.24) is 4.90 Å². The second-order valence-electron chi connectivity index (χ2n) is 6.89. The normalized spacial score (nSPS) is 12.6. The maximum atomic E-state index is 12.5. The molecule has 1 aliphatic heterocycles. The Morgan fingerprint density at radius 3 is 2.39 bits per heavy atom. The molecular formula is C20H18N4O7. The van der Waals surface area contributed by atoms with Gasteiger partial charge in [0.2, 0.25) is 5.91 Å². The number of carbonyl (C=O) groups excluding carboxylic acids is 3. The van der Waals surface area contributed by atoms with E-state index in [2.05, 4.69) is 5.32 Å². The lowest BCUT2D eigenvalue weighted by Gasteiger charge is -2.13. The van der Waals surface area contributed by atoms with Crippen molar-refractivity contribution in [3.63, 3.8) is 0 Å². The van der Waals surface area contributed by atoms with E-state index in [9.17, 15) is 34.6 Å². The first kappa shape index (κ1) is 21.6. The fraction of sp³-hybridized carbons (Fsp3) is 0.250. The fourth-order valence-electron chi connectivity index (χ4n) is 3.32. The minimum Gasteiger partial charge on any atom is -0.326 e. The third kappa shape index (κ3) is 4.71. The lowest BCUT2D eigenvalue weighted by atomic mass is 10.1. The Balaban J connectivity index is 1.47. The van der Waals surface area contributed by atoms with Crippen molar-refractivity contribution in [2.24, 2.45) is 0 Å². The maximum absolute atomic E-state index is 12.5. The summed E-state index contributed by atoms with van der Waals surface area (Å²) in [4.78, 5) is 58.5. The van der Waals surface area contributed by atoms with Gasteiger partial charge in [-0.1, -0.05) is 18.6 Å². The zero-order chi connectivity index (χ0) is 22.5. The summed E-state index contributed by atoms with van der Waals surface area (Å²) in [5.41, 5.74) is -0.355. The van der Waals surface area contributed by atoms with E-state index in [1.165, 1.54) is 36.4 Å². The molecule has 0 aromatic heterocycles. The highest BCUT2D eigenvalue weighted by molar-refractivity contribution is 6.23. The number of nitrogens with one attached hydrogen (secondary N) is 1. The van der Waals surface area contributed by atoms with Gasteiger partial charge in [0.15, 0.2) is 0 Å². The van der Waals surface area contributed by atoms with Crippen LogP contribution in [0.5, 0.6) is 0 Å². The van der Waals surface area contributed by atoms with Gasteiger partial charge >= 0.3 is 0 Å². The van der Waals surface area contributed by atoms with E-state index in [0.717, 1.165) is 4.90 Å². The van der Waals surface area contributed by atoms with Gasteiger partial charge in [-0.25, -0.2) is 0 Å². The number of nitro groups is 2. The zero-order valence-corrected chi connectivity index (χ0v) is 16.3. The molecule has 3 amide bonds. The molecule has 160 valence electrons. The van der Waals surface area contributed by atoms with Crippen molar-refractivity contribution >= 4 is 34.8 Å². The Kier molecular flexibility index (Phi) is 6.34. The predicted octanol–water partition coefficient (Wildman–Crippen LogP) is 3.30. The first-order valence-corrected chi connectivity index (χ1v) is 9.47. The van der Waals surface area contributed by atoms with Crippen LogP contribution in [0.1, 0.15) is 46.4 Å². The van der Waals surface area contributed by atoms with Crippen molar-refractivity contribution in [3.05, 3.63) is 73.8 Å². The minimum absolute atomic E-state index is 0.0236. The Morgan fingerprint density at radius 1 is 0.935 bits per heavy atom. The number of rotatable bonds is 9. The molecule has 2 aromatic carbocycles. The van der Waals surface area contributed by atoms with Crippen LogP contribution in [-0.4, -0.2) is 39.0 Å². The van der Waals surface area contributed by atoms with Gasteiger partial charge in [0, 0.05) is 36.9 Å². The van der Waals surface area contributed by atoms with Crippen LogP contribution in [-0.2, 0) is 4.79 Å². The van der Waals surface area contributed by atoms with Crippen LogP contribution in [0.15, 0.2) is 42.5 Å². The number of hydrogen-bond donors (Lipinski definition) is 1. The molecule has 1 N–H and O–H groups in total. The molecule has 1 heterocycles. The smallest absolute Gasteiger partial charge is 0.282 e. The second-order valence-corrected chi connectivity index (χ2v) is 6.89. The predicted molar refractivity (Wildman–Crippen MR) is 109 cm³/mol. The lowest BCUT2D eigenvalue weighted by Crippen LogP contribution is -2.30. The van der Waals surface area contributed by atoms with Crippen LogP contribution in [0.2, 0.25) is 0 Å². The molecule has 0 atom stereocenters. The molecule has 0 bridgehead atoms. The van der Waals surface area contributed by atoms with E-state index < -0.39 is 27.3 Å². The van der Waals surface area contributed by atoms with E-state index in [1.54, 1.807) is 6.07 Å². The summed E-state index contributed by atoms with van der Waals surface area (Å²) in [5.74, 6) is -1.56. The molecule has 0 unspecified atom stereocenters. The summed E-state index contributed by atoms with van der Waals surface area (Å²) >= 11 is 0. The van der Waals surface area contributed by atoms with E-state index in [4.69, 9.17) is 0 Å². The van der Waals surface area contributed by atoms with E-state index >= 15 is 0 Å². The topological polar surface area (TPSA) is 153 Å². The SMILES string of the molecule is O=C(CCCCCN1C(=O)c2cccc([N+](=O)[O-])c2C1=O)Nc1cccc([N+](=O)[O-])c1. The van der Waals surface area contributed by atoms with Gasteiger partial charge in [-0.3, -0.25) is 39.5 Å². The average Bonchev–Trinajstić information content (AvgIpc) is 2.98. The van der Waals surface area contributed by atoms with Crippen molar-refractivity contribution in [2.75, 3.05) is 11.9 Å². The number of amides is 3. The summed E-state index contributed by atoms with van der Waals surface area (Å²) in [6.07, 6.45) is 1.61. The molecule has 0 aliphatic carbocycles. The van der Waals surface area contributed by atoms with Gasteiger partial charge in [0.1, 0.15) is 5.56 Å². The average molecular weight is 426 g/mol. The highest BCUT2D eigenvalue weighted by Crippen LogP contribution is 2.30. The van der Waals surface area contributed by atoms with Gasteiger partial charge in [-0.2, -0.15) is 0 Å². The Labute approximate surface area is 176 Å². The molecule has 0 fully saturated rings. The quantitative estimate of drug-likeness (QED) is 0.279. The number of fused-ring (bicyclic) bond motifs is 1. The van der Waals surface area contributed by atoms with Crippen LogP contribution < -0.4 is 5.32 Å². The number of benzene rings is 2. The third-order valence-electron chi connectivity index (χ3n) is 4.80. The third-order valence-corrected chi connectivity index (χ3v) is 4.80. The summed E-state index contributed by atoms with van der Waals surface area (Å²) in [6.45, 7) is 0.0933. The summed E-state index contributed by atoms with van der Waals surface area (Å²) in [6, 6.07) is 9.55. The second kappa shape index (κ2) is 9.11. The van der Waals surface area contributed by atoms with Gasteiger partial charge in [-0.15, -0.1) is 0 Å². The standard InChI is InChI=1S/C20H18N4O7/c25-17(21-13-6-4-7-14(12-13)23(28)29)10-2-1-3-11-22-19(26)15-8-5-9-16(24(30)31)18(15)20(22)27/h4-9,12H,1-3,10-11H2,(H,21,25). The number of carbonyl (C=O) groups is 3. The largest absolute Gasteiger partial charge is 0.326 e. The number of unbranched alkanes of at least 4 members (excludes halogenated alkanes) is 2. The first-order chi connectivity index (χ1) is 14.8. The minimum atomic E-state index is -0.687. The zero-order valence-electron chi connectivity index (χ0n) is 16.3. The molecule has 3 rings (SSSR count). The van der Waals surface area contributed by atoms with Gasteiger partial charge in [0.05, 0.1) is 15.4 Å². The Bertz CT molecular complexity index is 1080. The molecule has 0 saturated heterocycles. The van der Waals surface area contributed by atoms with Gasteiger partial charge in [-0.05, 0) is 25.0 Å². The molecule has 0 radical (unpaired) electrons. The van der Waals surface area contributed by atoms with Crippen molar-refractivity contribution in [3.8, 4) is 0 Å². The van der Waals surface area contributed by atoms with Crippen LogP contribution in [0, 0.1) is 20.2 Å². The Morgan fingerprint density at radius 2 is 1.68 bits per heavy atom. The number of hydrogen-bond acceptors (Lipinski definition) is 7. The highest BCUT2D eigenvalue weighted by atomic mass is 16.6. The van der Waals surface area contributed by atoms with Gasteiger partial charge < -0.3 is 5.32 Å². The number of imide groups is 1. The number of anilines is 1. The summed E-state index contributed by atoms with van der Waals surface area (Å²) < 4.78 is 0. The number of non-ortho nitro benzene ring substituents is 1. The van der Waals surface area contributed by atoms with Crippen LogP contribution in [0.4, 0.5) is 17.1 Å². The van der Waals surface area contributed by atoms with Crippen molar-refractivity contribution < 1.29 is 24.2 Å². The first-order valence-electron chi connectivity index (χ1n) is 9.47. The molecule has 1 aliphatic rings. The van der Waals surface area contributed by atoms with E-state index in [1.807, 2.05) is 0 Å². The fourth-order valence-corrected chi connectivity index (χ4v) is 3.32. The van der Waals surface area contributed by atoms with E-state index in [0.29, 0.717) is 24.9 Å². The molecule has 0 saturated carbocycles. The number of nitrogens with zero attached hydrogens (tertiary/aromatic N) is 3. The van der Waals surface area contributed by atoms with Crippen LogP contribution in [0.25, 0.3) is 0 Å². The molecule has 31 heavy (non-hydrogen) atoms. The molecule has 11 nitrogen and oxygen atoms in total. The van der Waals surface area contributed by atoms with Crippen LogP contribution >= 0.6 is 0 Å². The number of nitro benzene ring substituents is 2. The molecule has 11 heteroatoms. The van der Waals surface area contributed by atoms with Crippen molar-refractivity contribution in [2.45, 2.75) is 25.7 Å². The molecule has 0 spiro atoms. The summed E-state index contributed by atoms with van der Waals surface area (Å²) in [5, 5.41) is 24.5. The van der Waals surface area contributed by atoms with E-state index in [-0.39, 0.29) is 35.7 Å². The summed E-state index contributed by atoms with van der Waals surface area (Å²) in [7, 11) is 0. The monoisotopic (exact) mass is 426 g/mol. The van der Waals surface area contributed by atoms with Crippen molar-refractivity contribution in [1.29, 1.82) is 0 Å². The molecule has 2 aromatic rings. The van der Waals surface area contributed by atoms with Crippen LogP contribution in [0.3, 0.4) is 0 Å². The maximum Gasteiger partial charge on any atom is 0.282 e. The lowest BCUT2D eigenvalue weighted by molar-refractivity contribution is -0.385. The van der Waals surface area contributed by atoms with Gasteiger partial charge in [0.25, 0.3) is 23.2 Å². The highest BCUT2D eigenvalue weighted by Gasteiger charge is 2.40. The molecular weight excluding hydrogens is 408 g/mol.